The lowest BCUT2D eigenvalue weighted by Gasteiger charge is -2.11. The standard InChI is InChI=1S/C38H35IN2O6/c39-32-24-30(37(42)40-19-21-44-33-11-15-35(16-12-33)46-26-28-7-3-1-4-8-28)23-31(25-32)38(43)41-20-22-45-34-13-17-36(18-14-34)47-27-29-9-5-2-6-10-29/h1-18,23-25H,19-22,26-27H2,(H,40,42)(H,41,43). The normalized spacial score (nSPS) is 10.5. The molecule has 9 heteroatoms. The minimum Gasteiger partial charge on any atom is -0.492 e. The Morgan fingerprint density at radius 2 is 0.851 bits per heavy atom. The highest BCUT2D eigenvalue weighted by molar-refractivity contribution is 14.1. The maximum atomic E-state index is 12.8. The molecule has 0 aliphatic carbocycles. The largest absolute Gasteiger partial charge is 0.492 e. The van der Waals surface area contributed by atoms with Crippen LogP contribution in [0.25, 0.3) is 0 Å². The maximum absolute atomic E-state index is 12.8. The van der Waals surface area contributed by atoms with Crippen molar-refractivity contribution in [1.82, 2.24) is 10.6 Å². The highest BCUT2D eigenvalue weighted by Crippen LogP contribution is 2.20. The lowest BCUT2D eigenvalue weighted by Crippen LogP contribution is -2.30. The molecule has 240 valence electrons. The number of carbonyl (C=O) groups excluding carboxylic acids is 2. The number of hydrogen-bond donors (Lipinski definition) is 2. The minimum atomic E-state index is -0.287. The molecule has 0 fully saturated rings. The van der Waals surface area contributed by atoms with E-state index in [1.165, 1.54) is 0 Å². The molecule has 0 aliphatic rings. The Hall–Kier alpha value is -5.03. The smallest absolute Gasteiger partial charge is 0.251 e. The zero-order valence-electron chi connectivity index (χ0n) is 25.7. The molecular weight excluding hydrogens is 707 g/mol. The van der Waals surface area contributed by atoms with Gasteiger partial charge in [0.15, 0.2) is 0 Å². The summed E-state index contributed by atoms with van der Waals surface area (Å²) in [6.07, 6.45) is 0. The van der Waals surface area contributed by atoms with Crippen molar-refractivity contribution in [3.8, 4) is 23.0 Å². The first-order valence-electron chi connectivity index (χ1n) is 15.2. The highest BCUT2D eigenvalue weighted by atomic mass is 127. The van der Waals surface area contributed by atoms with E-state index in [-0.39, 0.29) is 25.0 Å². The van der Waals surface area contributed by atoms with Crippen molar-refractivity contribution in [3.63, 3.8) is 0 Å². The fourth-order valence-electron chi connectivity index (χ4n) is 4.47. The van der Waals surface area contributed by atoms with Crippen molar-refractivity contribution >= 4 is 34.4 Å². The van der Waals surface area contributed by atoms with Gasteiger partial charge in [-0.3, -0.25) is 9.59 Å². The third-order valence-electron chi connectivity index (χ3n) is 6.88. The van der Waals surface area contributed by atoms with Crippen molar-refractivity contribution < 1.29 is 28.5 Å². The van der Waals surface area contributed by atoms with Crippen LogP contribution in [0.3, 0.4) is 0 Å². The Balaban J connectivity index is 0.995. The van der Waals surface area contributed by atoms with E-state index in [9.17, 15) is 9.59 Å². The Labute approximate surface area is 288 Å². The molecule has 0 spiro atoms. The number of amides is 2. The summed E-state index contributed by atoms with van der Waals surface area (Å²) in [5, 5.41) is 5.70. The predicted molar refractivity (Wildman–Crippen MR) is 189 cm³/mol. The van der Waals surface area contributed by atoms with Gasteiger partial charge in [-0.05, 0) is 100 Å². The number of ether oxygens (including phenoxy) is 4. The van der Waals surface area contributed by atoms with Crippen LogP contribution in [-0.4, -0.2) is 38.1 Å². The van der Waals surface area contributed by atoms with Crippen molar-refractivity contribution in [2.45, 2.75) is 13.2 Å². The van der Waals surface area contributed by atoms with Crippen LogP contribution >= 0.6 is 22.6 Å². The molecular formula is C38H35IN2O6. The van der Waals surface area contributed by atoms with E-state index in [0.717, 1.165) is 26.2 Å². The van der Waals surface area contributed by atoms with Gasteiger partial charge in [-0.1, -0.05) is 60.7 Å². The van der Waals surface area contributed by atoms with Gasteiger partial charge >= 0.3 is 0 Å². The summed E-state index contributed by atoms with van der Waals surface area (Å²) in [6, 6.07) is 39.7. The molecule has 0 heterocycles. The first kappa shape index (κ1) is 33.3. The van der Waals surface area contributed by atoms with Gasteiger partial charge in [-0.25, -0.2) is 0 Å². The average molecular weight is 743 g/mol. The summed E-state index contributed by atoms with van der Waals surface area (Å²) in [7, 11) is 0. The second kappa shape index (κ2) is 17.6. The molecule has 5 rings (SSSR count). The lowest BCUT2D eigenvalue weighted by atomic mass is 10.1. The lowest BCUT2D eigenvalue weighted by molar-refractivity contribution is 0.0946. The van der Waals surface area contributed by atoms with Gasteiger partial charge in [0.25, 0.3) is 11.8 Å². The highest BCUT2D eigenvalue weighted by Gasteiger charge is 2.13. The minimum absolute atomic E-state index is 0.287. The van der Waals surface area contributed by atoms with Gasteiger partial charge in [-0.15, -0.1) is 0 Å². The molecule has 2 amide bonds. The maximum Gasteiger partial charge on any atom is 0.251 e. The quantitative estimate of drug-likeness (QED) is 0.0831. The number of halogens is 1. The van der Waals surface area contributed by atoms with E-state index in [4.69, 9.17) is 18.9 Å². The molecule has 0 aromatic heterocycles. The predicted octanol–water partition coefficient (Wildman–Crippen LogP) is 7.07. The second-order valence-corrected chi connectivity index (χ2v) is 11.7. The van der Waals surface area contributed by atoms with Gasteiger partial charge in [-0.2, -0.15) is 0 Å². The third-order valence-corrected chi connectivity index (χ3v) is 7.50. The van der Waals surface area contributed by atoms with Crippen LogP contribution in [0.4, 0.5) is 0 Å². The van der Waals surface area contributed by atoms with Gasteiger partial charge in [0.2, 0.25) is 0 Å². The molecule has 0 radical (unpaired) electrons. The number of hydrogen-bond acceptors (Lipinski definition) is 6. The second-order valence-electron chi connectivity index (χ2n) is 10.4. The van der Waals surface area contributed by atoms with Gasteiger partial charge < -0.3 is 29.6 Å². The topological polar surface area (TPSA) is 95.1 Å². The van der Waals surface area contributed by atoms with Crippen molar-refractivity contribution in [2.24, 2.45) is 0 Å². The Morgan fingerprint density at radius 1 is 0.489 bits per heavy atom. The van der Waals surface area contributed by atoms with Crippen molar-refractivity contribution in [1.29, 1.82) is 0 Å². The number of rotatable bonds is 16. The molecule has 0 saturated carbocycles. The summed E-state index contributed by atoms with van der Waals surface area (Å²) in [5.74, 6) is 2.27. The summed E-state index contributed by atoms with van der Waals surface area (Å²) in [5.41, 5.74) is 2.98. The van der Waals surface area contributed by atoms with Gasteiger partial charge in [0.1, 0.15) is 49.4 Å². The Morgan fingerprint density at radius 3 is 1.23 bits per heavy atom. The molecule has 0 saturated heterocycles. The molecule has 5 aromatic rings. The summed E-state index contributed by atoms with van der Waals surface area (Å²) < 4.78 is 23.9. The molecule has 8 nitrogen and oxygen atoms in total. The summed E-state index contributed by atoms with van der Waals surface area (Å²) >= 11 is 2.10. The summed E-state index contributed by atoms with van der Waals surface area (Å²) in [4.78, 5) is 25.6. The molecule has 0 atom stereocenters. The number of carbonyl (C=O) groups is 2. The number of benzene rings is 5. The van der Waals surface area contributed by atoms with E-state index in [0.29, 0.717) is 48.9 Å². The van der Waals surface area contributed by atoms with Crippen LogP contribution < -0.4 is 29.6 Å². The van der Waals surface area contributed by atoms with Gasteiger partial charge in [0, 0.05) is 14.7 Å². The van der Waals surface area contributed by atoms with E-state index in [2.05, 4.69) is 33.2 Å². The van der Waals surface area contributed by atoms with Crippen molar-refractivity contribution in [3.05, 3.63) is 153 Å². The monoisotopic (exact) mass is 742 g/mol. The Kier molecular flexibility index (Phi) is 12.5. The zero-order valence-corrected chi connectivity index (χ0v) is 27.9. The molecule has 2 N–H and O–H groups in total. The average Bonchev–Trinajstić information content (AvgIpc) is 3.11. The molecule has 0 unspecified atom stereocenters. The van der Waals surface area contributed by atoms with Crippen LogP contribution in [0.5, 0.6) is 23.0 Å². The molecule has 0 bridgehead atoms. The molecule has 0 aliphatic heterocycles. The van der Waals surface area contributed by atoms with Crippen LogP contribution in [0.2, 0.25) is 0 Å². The van der Waals surface area contributed by atoms with Crippen LogP contribution in [0.15, 0.2) is 127 Å². The fourth-order valence-corrected chi connectivity index (χ4v) is 5.14. The van der Waals surface area contributed by atoms with E-state index >= 15 is 0 Å². The van der Waals surface area contributed by atoms with Gasteiger partial charge in [0.05, 0.1) is 13.1 Å². The SMILES string of the molecule is O=C(NCCOc1ccc(OCc2ccccc2)cc1)c1cc(I)cc(C(=O)NCCOc2ccc(OCc3ccccc3)cc2)c1. The van der Waals surface area contributed by atoms with Crippen LogP contribution in [0.1, 0.15) is 31.8 Å². The zero-order chi connectivity index (χ0) is 32.7. The molecule has 47 heavy (non-hydrogen) atoms. The fraction of sp³-hybridized carbons (Fsp3) is 0.158. The van der Waals surface area contributed by atoms with E-state index in [1.54, 1.807) is 18.2 Å². The first-order chi connectivity index (χ1) is 23.0. The van der Waals surface area contributed by atoms with Crippen LogP contribution in [0, 0.1) is 3.57 Å². The van der Waals surface area contributed by atoms with E-state index in [1.807, 2.05) is 109 Å². The first-order valence-corrected chi connectivity index (χ1v) is 16.3. The molecule has 5 aromatic carbocycles. The third kappa shape index (κ3) is 11.1. The number of nitrogens with one attached hydrogen (secondary N) is 2. The van der Waals surface area contributed by atoms with E-state index < -0.39 is 0 Å². The van der Waals surface area contributed by atoms with Crippen LogP contribution in [-0.2, 0) is 13.2 Å². The Bertz CT molecular complexity index is 1590. The van der Waals surface area contributed by atoms with Crippen molar-refractivity contribution in [2.75, 3.05) is 26.3 Å². The summed E-state index contributed by atoms with van der Waals surface area (Å²) in [6.45, 7) is 2.16.